The summed E-state index contributed by atoms with van der Waals surface area (Å²) < 4.78 is 6.54. The molecule has 0 radical (unpaired) electrons. The van der Waals surface area contributed by atoms with Crippen LogP contribution in [-0.4, -0.2) is 17.5 Å². The van der Waals surface area contributed by atoms with E-state index in [0.717, 1.165) is 16.6 Å². The number of amides is 1. The summed E-state index contributed by atoms with van der Waals surface area (Å²) in [6, 6.07) is 15.5. The summed E-state index contributed by atoms with van der Waals surface area (Å²) in [5.41, 5.74) is 1.78. The van der Waals surface area contributed by atoms with Gasteiger partial charge < -0.3 is 4.74 Å². The predicted molar refractivity (Wildman–Crippen MR) is 99.9 cm³/mol. The fraction of sp³-hybridized carbons (Fsp3) is 0.111. The molecule has 0 unspecified atom stereocenters. The van der Waals surface area contributed by atoms with Crippen molar-refractivity contribution in [3.63, 3.8) is 0 Å². The molecule has 6 heteroatoms. The molecule has 1 heterocycles. The molecule has 1 amide bonds. The summed E-state index contributed by atoms with van der Waals surface area (Å²) >= 11 is 4.84. The average molecular weight is 403 g/mol. The Balaban J connectivity index is 1.59. The standard InChI is InChI=1S/C18H15BrN2O2S/c19-15-12-14(17(22)21-18-20-9-11-24-18)6-7-16(15)23-10-8-13-4-2-1-3-5-13/h1-7,9,11-12H,8,10H2,(H,20,21,22). The monoisotopic (exact) mass is 402 g/mol. The highest BCUT2D eigenvalue weighted by Gasteiger charge is 2.10. The highest BCUT2D eigenvalue weighted by molar-refractivity contribution is 9.10. The topological polar surface area (TPSA) is 51.2 Å². The summed E-state index contributed by atoms with van der Waals surface area (Å²) in [6.07, 6.45) is 2.49. The Kier molecular flexibility index (Phi) is 5.61. The third kappa shape index (κ3) is 4.43. The second-order valence-electron chi connectivity index (χ2n) is 5.02. The van der Waals surface area contributed by atoms with Gasteiger partial charge in [0, 0.05) is 23.6 Å². The number of hydrogen-bond acceptors (Lipinski definition) is 4. The van der Waals surface area contributed by atoms with Crippen molar-refractivity contribution in [3.05, 3.63) is 75.7 Å². The van der Waals surface area contributed by atoms with Crippen molar-refractivity contribution in [2.45, 2.75) is 6.42 Å². The number of benzene rings is 2. The molecule has 0 aliphatic rings. The van der Waals surface area contributed by atoms with Crippen molar-refractivity contribution in [2.24, 2.45) is 0 Å². The zero-order valence-corrected chi connectivity index (χ0v) is 15.1. The largest absolute Gasteiger partial charge is 0.492 e. The van der Waals surface area contributed by atoms with Crippen LogP contribution in [0.5, 0.6) is 5.75 Å². The Labute approximate surface area is 152 Å². The van der Waals surface area contributed by atoms with Gasteiger partial charge in [-0.05, 0) is 39.7 Å². The fourth-order valence-corrected chi connectivity index (χ4v) is 3.15. The van der Waals surface area contributed by atoms with Gasteiger partial charge in [0.15, 0.2) is 5.13 Å². The van der Waals surface area contributed by atoms with Crippen LogP contribution in [0.3, 0.4) is 0 Å². The minimum atomic E-state index is -0.193. The van der Waals surface area contributed by atoms with Gasteiger partial charge in [0.25, 0.3) is 5.91 Å². The normalized spacial score (nSPS) is 10.4. The van der Waals surface area contributed by atoms with E-state index in [4.69, 9.17) is 4.74 Å². The summed E-state index contributed by atoms with van der Waals surface area (Å²) in [7, 11) is 0. The van der Waals surface area contributed by atoms with Gasteiger partial charge in [-0.1, -0.05) is 30.3 Å². The van der Waals surface area contributed by atoms with Crippen molar-refractivity contribution in [3.8, 4) is 5.75 Å². The molecule has 3 aromatic rings. The second kappa shape index (κ2) is 8.08. The molecule has 1 aromatic heterocycles. The molecule has 0 aliphatic heterocycles. The van der Waals surface area contributed by atoms with Gasteiger partial charge in [-0.15, -0.1) is 11.3 Å². The lowest BCUT2D eigenvalue weighted by molar-refractivity contribution is 0.102. The van der Waals surface area contributed by atoms with E-state index in [-0.39, 0.29) is 5.91 Å². The number of anilines is 1. The number of halogens is 1. The van der Waals surface area contributed by atoms with Gasteiger partial charge in [0.2, 0.25) is 0 Å². The quantitative estimate of drug-likeness (QED) is 0.645. The van der Waals surface area contributed by atoms with Crippen molar-refractivity contribution < 1.29 is 9.53 Å². The fourth-order valence-electron chi connectivity index (χ4n) is 2.14. The van der Waals surface area contributed by atoms with Crippen LogP contribution in [0.25, 0.3) is 0 Å². The minimum absolute atomic E-state index is 0.193. The number of carbonyl (C=O) groups is 1. The highest BCUT2D eigenvalue weighted by Crippen LogP contribution is 2.26. The third-order valence-electron chi connectivity index (χ3n) is 3.34. The van der Waals surface area contributed by atoms with Crippen LogP contribution < -0.4 is 10.1 Å². The van der Waals surface area contributed by atoms with Crippen LogP contribution in [0.2, 0.25) is 0 Å². The van der Waals surface area contributed by atoms with Gasteiger partial charge in [-0.25, -0.2) is 4.98 Å². The Morgan fingerprint density at radius 2 is 2.04 bits per heavy atom. The van der Waals surface area contributed by atoms with Gasteiger partial charge in [0.1, 0.15) is 5.75 Å². The summed E-state index contributed by atoms with van der Waals surface area (Å²) in [5, 5.41) is 5.15. The molecule has 0 spiro atoms. The molecule has 0 aliphatic carbocycles. The van der Waals surface area contributed by atoms with E-state index in [1.807, 2.05) is 23.6 Å². The van der Waals surface area contributed by atoms with Crippen LogP contribution in [0, 0.1) is 0 Å². The van der Waals surface area contributed by atoms with Gasteiger partial charge in [-0.3, -0.25) is 10.1 Å². The lowest BCUT2D eigenvalue weighted by Gasteiger charge is -2.10. The zero-order valence-electron chi connectivity index (χ0n) is 12.7. The van der Waals surface area contributed by atoms with Crippen molar-refractivity contribution in [2.75, 3.05) is 11.9 Å². The molecule has 122 valence electrons. The van der Waals surface area contributed by atoms with Gasteiger partial charge >= 0.3 is 0 Å². The van der Waals surface area contributed by atoms with Crippen LogP contribution in [0.15, 0.2) is 64.6 Å². The number of carbonyl (C=O) groups excluding carboxylic acids is 1. The van der Waals surface area contributed by atoms with Gasteiger partial charge in [0.05, 0.1) is 11.1 Å². The molecule has 0 fully saturated rings. The summed E-state index contributed by atoms with van der Waals surface area (Å²) in [5.74, 6) is 0.526. The first-order valence-electron chi connectivity index (χ1n) is 7.39. The third-order valence-corrected chi connectivity index (χ3v) is 4.65. The minimum Gasteiger partial charge on any atom is -0.492 e. The molecule has 0 saturated heterocycles. The summed E-state index contributed by atoms with van der Waals surface area (Å²) in [6.45, 7) is 0.577. The van der Waals surface area contributed by atoms with Crippen LogP contribution >= 0.6 is 27.3 Å². The van der Waals surface area contributed by atoms with Crippen molar-refractivity contribution >= 4 is 38.3 Å². The number of aromatic nitrogens is 1. The molecular weight excluding hydrogens is 388 g/mol. The Hall–Kier alpha value is -2.18. The second-order valence-corrected chi connectivity index (χ2v) is 6.77. The van der Waals surface area contributed by atoms with E-state index in [1.54, 1.807) is 24.4 Å². The highest BCUT2D eigenvalue weighted by atomic mass is 79.9. The first-order valence-corrected chi connectivity index (χ1v) is 9.07. The average Bonchev–Trinajstić information content (AvgIpc) is 3.10. The van der Waals surface area contributed by atoms with E-state index in [0.29, 0.717) is 17.3 Å². The van der Waals surface area contributed by atoms with E-state index in [2.05, 4.69) is 38.4 Å². The lowest BCUT2D eigenvalue weighted by atomic mass is 10.2. The first kappa shape index (κ1) is 16.7. The predicted octanol–water partition coefficient (Wildman–Crippen LogP) is 4.78. The maximum absolute atomic E-state index is 12.2. The molecule has 3 rings (SSSR count). The van der Waals surface area contributed by atoms with E-state index in [9.17, 15) is 4.79 Å². The van der Waals surface area contributed by atoms with Gasteiger partial charge in [-0.2, -0.15) is 0 Å². The molecule has 4 nitrogen and oxygen atoms in total. The molecule has 24 heavy (non-hydrogen) atoms. The van der Waals surface area contributed by atoms with Crippen molar-refractivity contribution in [1.29, 1.82) is 0 Å². The number of hydrogen-bond donors (Lipinski definition) is 1. The lowest BCUT2D eigenvalue weighted by Crippen LogP contribution is -2.11. The summed E-state index contributed by atoms with van der Waals surface area (Å²) in [4.78, 5) is 16.2. The number of nitrogens with zero attached hydrogens (tertiary/aromatic N) is 1. The Morgan fingerprint density at radius 3 is 2.75 bits per heavy atom. The van der Waals surface area contributed by atoms with E-state index in [1.165, 1.54) is 16.9 Å². The number of nitrogens with one attached hydrogen (secondary N) is 1. The molecule has 0 bridgehead atoms. The smallest absolute Gasteiger partial charge is 0.257 e. The molecule has 1 N–H and O–H groups in total. The molecular formula is C18H15BrN2O2S. The maximum Gasteiger partial charge on any atom is 0.257 e. The number of thiazole rings is 1. The first-order chi connectivity index (χ1) is 11.7. The van der Waals surface area contributed by atoms with Crippen LogP contribution in [0.1, 0.15) is 15.9 Å². The maximum atomic E-state index is 12.2. The molecule has 0 atom stereocenters. The van der Waals surface area contributed by atoms with Crippen LogP contribution in [0.4, 0.5) is 5.13 Å². The number of rotatable bonds is 6. The van der Waals surface area contributed by atoms with E-state index < -0.39 is 0 Å². The Morgan fingerprint density at radius 1 is 1.21 bits per heavy atom. The van der Waals surface area contributed by atoms with Crippen LogP contribution in [-0.2, 0) is 6.42 Å². The Bertz CT molecular complexity index is 807. The molecule has 2 aromatic carbocycles. The zero-order chi connectivity index (χ0) is 16.8. The number of ether oxygens (including phenoxy) is 1. The molecule has 0 saturated carbocycles. The SMILES string of the molecule is O=C(Nc1nccs1)c1ccc(OCCc2ccccc2)c(Br)c1. The van der Waals surface area contributed by atoms with Crippen molar-refractivity contribution in [1.82, 2.24) is 4.98 Å². The van der Waals surface area contributed by atoms with E-state index >= 15 is 0 Å².